The second-order valence-corrected chi connectivity index (χ2v) is 4.09. The zero-order valence-electron chi connectivity index (χ0n) is 10.0. The molecule has 0 bridgehead atoms. The SMILES string of the molecule is Cn1cnnc1CNc1ccnc2ccccc12. The van der Waals surface area contributed by atoms with Crippen LogP contribution in [0, 0.1) is 0 Å². The lowest BCUT2D eigenvalue weighted by molar-refractivity contribution is 0.812. The molecule has 0 fully saturated rings. The third kappa shape index (κ3) is 1.90. The van der Waals surface area contributed by atoms with Gasteiger partial charge < -0.3 is 9.88 Å². The lowest BCUT2D eigenvalue weighted by Crippen LogP contribution is -2.06. The fourth-order valence-corrected chi connectivity index (χ4v) is 1.89. The largest absolute Gasteiger partial charge is 0.377 e. The van der Waals surface area contributed by atoms with Crippen LogP contribution in [0.25, 0.3) is 10.9 Å². The molecule has 18 heavy (non-hydrogen) atoms. The van der Waals surface area contributed by atoms with Crippen LogP contribution in [-0.2, 0) is 13.6 Å². The molecule has 3 aromatic rings. The summed E-state index contributed by atoms with van der Waals surface area (Å²) in [6, 6.07) is 10.0. The summed E-state index contributed by atoms with van der Waals surface area (Å²) >= 11 is 0. The zero-order valence-corrected chi connectivity index (χ0v) is 10.0. The van der Waals surface area contributed by atoms with Gasteiger partial charge in [0, 0.05) is 24.3 Å². The highest BCUT2D eigenvalue weighted by Crippen LogP contribution is 2.21. The van der Waals surface area contributed by atoms with Crippen molar-refractivity contribution in [2.45, 2.75) is 6.54 Å². The third-order valence-electron chi connectivity index (χ3n) is 2.89. The first-order valence-electron chi connectivity index (χ1n) is 5.75. The number of nitrogens with one attached hydrogen (secondary N) is 1. The summed E-state index contributed by atoms with van der Waals surface area (Å²) in [7, 11) is 1.93. The third-order valence-corrected chi connectivity index (χ3v) is 2.89. The number of fused-ring (bicyclic) bond motifs is 1. The van der Waals surface area contributed by atoms with Crippen molar-refractivity contribution in [3.8, 4) is 0 Å². The molecular formula is C13H13N5. The Bertz CT molecular complexity index is 668. The van der Waals surface area contributed by atoms with E-state index in [4.69, 9.17) is 0 Å². The molecule has 2 aromatic heterocycles. The van der Waals surface area contributed by atoms with Gasteiger partial charge in [-0.05, 0) is 12.1 Å². The molecule has 0 spiro atoms. The van der Waals surface area contributed by atoms with Crippen LogP contribution in [0.1, 0.15) is 5.82 Å². The number of pyridine rings is 1. The summed E-state index contributed by atoms with van der Waals surface area (Å²) in [5.74, 6) is 0.899. The van der Waals surface area contributed by atoms with E-state index < -0.39 is 0 Å². The lowest BCUT2D eigenvalue weighted by atomic mass is 10.2. The van der Waals surface area contributed by atoms with E-state index in [1.165, 1.54) is 0 Å². The van der Waals surface area contributed by atoms with Crippen molar-refractivity contribution < 1.29 is 0 Å². The summed E-state index contributed by atoms with van der Waals surface area (Å²) in [6.45, 7) is 0.643. The van der Waals surface area contributed by atoms with Gasteiger partial charge >= 0.3 is 0 Å². The van der Waals surface area contributed by atoms with Crippen molar-refractivity contribution in [1.29, 1.82) is 0 Å². The molecule has 0 radical (unpaired) electrons. The van der Waals surface area contributed by atoms with Gasteiger partial charge in [0.15, 0.2) is 5.82 Å². The molecule has 0 saturated heterocycles. The van der Waals surface area contributed by atoms with Gasteiger partial charge in [-0.3, -0.25) is 4.98 Å². The van der Waals surface area contributed by atoms with Gasteiger partial charge in [0.2, 0.25) is 0 Å². The Kier molecular flexibility index (Phi) is 2.64. The van der Waals surface area contributed by atoms with E-state index >= 15 is 0 Å². The molecule has 5 nitrogen and oxygen atoms in total. The van der Waals surface area contributed by atoms with Crippen molar-refractivity contribution >= 4 is 16.6 Å². The van der Waals surface area contributed by atoms with Gasteiger partial charge in [0.1, 0.15) is 6.33 Å². The number of benzene rings is 1. The second-order valence-electron chi connectivity index (χ2n) is 4.09. The topological polar surface area (TPSA) is 55.6 Å². The van der Waals surface area contributed by atoms with Gasteiger partial charge in [0.25, 0.3) is 0 Å². The number of anilines is 1. The van der Waals surface area contributed by atoms with Crippen LogP contribution < -0.4 is 5.32 Å². The average molecular weight is 239 g/mol. The molecule has 0 aliphatic rings. The maximum Gasteiger partial charge on any atom is 0.151 e. The van der Waals surface area contributed by atoms with E-state index in [9.17, 15) is 0 Å². The molecule has 1 aromatic carbocycles. The quantitative estimate of drug-likeness (QED) is 0.759. The fourth-order valence-electron chi connectivity index (χ4n) is 1.89. The van der Waals surface area contributed by atoms with Gasteiger partial charge in [-0.25, -0.2) is 0 Å². The summed E-state index contributed by atoms with van der Waals surface area (Å²) in [6.07, 6.45) is 3.50. The maximum atomic E-state index is 4.33. The number of para-hydroxylation sites is 1. The monoisotopic (exact) mass is 239 g/mol. The second kappa shape index (κ2) is 4.44. The Morgan fingerprint density at radius 3 is 2.94 bits per heavy atom. The minimum Gasteiger partial charge on any atom is -0.377 e. The first-order chi connectivity index (χ1) is 8.84. The molecule has 90 valence electrons. The number of hydrogen-bond donors (Lipinski definition) is 1. The van der Waals surface area contributed by atoms with Crippen LogP contribution in [0.15, 0.2) is 42.9 Å². The van der Waals surface area contributed by atoms with E-state index in [1.807, 2.05) is 35.9 Å². The van der Waals surface area contributed by atoms with Crippen molar-refractivity contribution in [3.05, 3.63) is 48.7 Å². The lowest BCUT2D eigenvalue weighted by Gasteiger charge is -2.08. The summed E-state index contributed by atoms with van der Waals surface area (Å²) in [5.41, 5.74) is 2.05. The van der Waals surface area contributed by atoms with E-state index in [0.717, 1.165) is 22.4 Å². The highest BCUT2D eigenvalue weighted by molar-refractivity contribution is 5.90. The van der Waals surface area contributed by atoms with Crippen LogP contribution in [0.4, 0.5) is 5.69 Å². The van der Waals surface area contributed by atoms with E-state index in [-0.39, 0.29) is 0 Å². The van der Waals surface area contributed by atoms with Crippen molar-refractivity contribution in [2.75, 3.05) is 5.32 Å². The Hall–Kier alpha value is -2.43. The molecule has 0 unspecified atom stereocenters. The minimum absolute atomic E-state index is 0.643. The van der Waals surface area contributed by atoms with Crippen molar-refractivity contribution in [2.24, 2.45) is 7.05 Å². The van der Waals surface area contributed by atoms with Crippen molar-refractivity contribution in [1.82, 2.24) is 19.7 Å². The standard InChI is InChI=1S/C13H13N5/c1-18-9-16-17-13(18)8-15-12-6-7-14-11-5-3-2-4-10(11)12/h2-7,9H,8H2,1H3,(H,14,15). The van der Waals surface area contributed by atoms with E-state index in [0.29, 0.717) is 6.54 Å². The predicted molar refractivity (Wildman–Crippen MR) is 70.1 cm³/mol. The summed E-state index contributed by atoms with van der Waals surface area (Å²) in [4.78, 5) is 4.33. The molecule has 0 atom stereocenters. The molecular weight excluding hydrogens is 226 g/mol. The zero-order chi connectivity index (χ0) is 12.4. The first-order valence-corrected chi connectivity index (χ1v) is 5.75. The molecule has 0 saturated carbocycles. The molecule has 0 aliphatic heterocycles. The number of hydrogen-bond acceptors (Lipinski definition) is 4. The van der Waals surface area contributed by atoms with Crippen LogP contribution in [0.2, 0.25) is 0 Å². The normalized spacial score (nSPS) is 10.7. The van der Waals surface area contributed by atoms with Gasteiger partial charge in [-0.2, -0.15) is 0 Å². The van der Waals surface area contributed by atoms with Crippen molar-refractivity contribution in [3.63, 3.8) is 0 Å². The summed E-state index contributed by atoms with van der Waals surface area (Å²) < 4.78 is 1.90. The molecule has 0 amide bonds. The molecule has 5 heteroatoms. The first kappa shape index (κ1) is 10.7. The highest BCUT2D eigenvalue weighted by atomic mass is 15.3. The number of aromatic nitrogens is 4. The van der Waals surface area contributed by atoms with Crippen LogP contribution in [0.5, 0.6) is 0 Å². The average Bonchev–Trinajstić information content (AvgIpc) is 2.82. The van der Waals surface area contributed by atoms with Gasteiger partial charge in [0.05, 0.1) is 12.1 Å². The number of rotatable bonds is 3. The van der Waals surface area contributed by atoms with Gasteiger partial charge in [-0.15, -0.1) is 10.2 Å². The maximum absolute atomic E-state index is 4.33. The van der Waals surface area contributed by atoms with E-state index in [1.54, 1.807) is 12.5 Å². The fraction of sp³-hybridized carbons (Fsp3) is 0.154. The Balaban J connectivity index is 1.89. The van der Waals surface area contributed by atoms with Crippen LogP contribution in [-0.4, -0.2) is 19.7 Å². The minimum atomic E-state index is 0.643. The molecule has 0 aliphatic carbocycles. The number of nitrogens with zero attached hydrogens (tertiary/aromatic N) is 4. The van der Waals surface area contributed by atoms with E-state index in [2.05, 4.69) is 26.6 Å². The Morgan fingerprint density at radius 1 is 1.22 bits per heavy atom. The highest BCUT2D eigenvalue weighted by Gasteiger charge is 2.03. The smallest absolute Gasteiger partial charge is 0.151 e. The molecule has 2 heterocycles. The Labute approximate surface area is 104 Å². The summed E-state index contributed by atoms with van der Waals surface area (Å²) in [5, 5.41) is 12.4. The van der Waals surface area contributed by atoms with Crippen LogP contribution >= 0.6 is 0 Å². The molecule has 1 N–H and O–H groups in total. The predicted octanol–water partition coefficient (Wildman–Crippen LogP) is 1.98. The molecule has 3 rings (SSSR count). The Morgan fingerprint density at radius 2 is 2.11 bits per heavy atom. The van der Waals surface area contributed by atoms with Crippen LogP contribution in [0.3, 0.4) is 0 Å². The van der Waals surface area contributed by atoms with Gasteiger partial charge in [-0.1, -0.05) is 18.2 Å². The number of aryl methyl sites for hydroxylation is 1.